The summed E-state index contributed by atoms with van der Waals surface area (Å²) in [6.45, 7) is 5.93. The van der Waals surface area contributed by atoms with Crippen molar-refractivity contribution in [2.24, 2.45) is 5.92 Å². The fourth-order valence-electron chi connectivity index (χ4n) is 2.79. The summed E-state index contributed by atoms with van der Waals surface area (Å²) in [4.78, 5) is 28.1. The van der Waals surface area contributed by atoms with Gasteiger partial charge in [-0.1, -0.05) is 6.92 Å². The van der Waals surface area contributed by atoms with Crippen LogP contribution in [0.2, 0.25) is 0 Å². The van der Waals surface area contributed by atoms with Crippen LogP contribution in [-0.2, 0) is 4.79 Å². The average Bonchev–Trinajstić information content (AvgIpc) is 2.43. The number of aromatic nitrogens is 2. The molecule has 0 spiro atoms. The van der Waals surface area contributed by atoms with Gasteiger partial charge < -0.3 is 15.0 Å². The number of hydrogen-bond acceptors (Lipinski definition) is 4. The molecule has 1 aromatic heterocycles. The summed E-state index contributed by atoms with van der Waals surface area (Å²) < 4.78 is 1.55. The van der Waals surface area contributed by atoms with Gasteiger partial charge in [0.2, 0.25) is 0 Å². The molecule has 1 fully saturated rings. The summed E-state index contributed by atoms with van der Waals surface area (Å²) >= 11 is 0. The number of nitrogens with one attached hydrogen (secondary N) is 1. The predicted molar refractivity (Wildman–Crippen MR) is 80.5 cm³/mol. The molecule has 1 heterocycles. The summed E-state index contributed by atoms with van der Waals surface area (Å²) in [5, 5.41) is 12.5. The Hall–Kier alpha value is -1.85. The normalized spacial score (nSPS) is 25.8. The van der Waals surface area contributed by atoms with Gasteiger partial charge in [-0.25, -0.2) is 9.78 Å². The number of carboxylic acid groups (broad SMARTS) is 1. The monoisotopic (exact) mass is 293 g/mol. The van der Waals surface area contributed by atoms with Gasteiger partial charge in [-0.05, 0) is 45.4 Å². The standard InChI is InChI=1S/C15H23N3O3/c1-10(2)18-9-8-16-12(13(18)19)17-15(14(20)21)6-4-11(3)5-7-15/h8-11H,4-7H2,1-3H3,(H,16,17)(H,20,21). The van der Waals surface area contributed by atoms with E-state index >= 15 is 0 Å². The molecular formula is C15H23N3O3. The Balaban J connectivity index is 2.33. The van der Waals surface area contributed by atoms with E-state index in [1.807, 2.05) is 13.8 Å². The number of aliphatic carboxylic acids is 1. The Bertz CT molecular complexity index is 572. The highest BCUT2D eigenvalue weighted by atomic mass is 16.4. The van der Waals surface area contributed by atoms with Crippen LogP contribution in [0.25, 0.3) is 0 Å². The second-order valence-corrected chi connectivity index (χ2v) is 6.28. The van der Waals surface area contributed by atoms with Gasteiger partial charge in [0.1, 0.15) is 5.54 Å². The Kier molecular flexibility index (Phi) is 4.34. The molecule has 1 aliphatic carbocycles. The van der Waals surface area contributed by atoms with Gasteiger partial charge in [-0.3, -0.25) is 4.79 Å². The highest BCUT2D eigenvalue weighted by Gasteiger charge is 2.42. The van der Waals surface area contributed by atoms with E-state index in [9.17, 15) is 14.7 Å². The van der Waals surface area contributed by atoms with Gasteiger partial charge in [0, 0.05) is 18.4 Å². The molecule has 21 heavy (non-hydrogen) atoms. The molecular weight excluding hydrogens is 270 g/mol. The summed E-state index contributed by atoms with van der Waals surface area (Å²) in [6.07, 6.45) is 5.86. The van der Waals surface area contributed by atoms with Gasteiger partial charge in [0.15, 0.2) is 5.82 Å². The average molecular weight is 293 g/mol. The lowest BCUT2D eigenvalue weighted by molar-refractivity contribution is -0.143. The summed E-state index contributed by atoms with van der Waals surface area (Å²) in [5.41, 5.74) is -1.35. The van der Waals surface area contributed by atoms with Crippen LogP contribution in [0.15, 0.2) is 17.2 Å². The third-order valence-corrected chi connectivity index (χ3v) is 4.32. The van der Waals surface area contributed by atoms with Crippen LogP contribution in [0.5, 0.6) is 0 Å². The molecule has 2 N–H and O–H groups in total. The van der Waals surface area contributed by atoms with E-state index in [0.29, 0.717) is 18.8 Å². The van der Waals surface area contributed by atoms with Crippen LogP contribution in [-0.4, -0.2) is 26.2 Å². The lowest BCUT2D eigenvalue weighted by atomic mass is 9.77. The molecule has 0 radical (unpaired) electrons. The Labute approximate surface area is 124 Å². The second-order valence-electron chi connectivity index (χ2n) is 6.28. The molecule has 0 atom stereocenters. The van der Waals surface area contributed by atoms with Crippen molar-refractivity contribution in [1.29, 1.82) is 0 Å². The first-order valence-corrected chi connectivity index (χ1v) is 7.44. The Morgan fingerprint density at radius 1 is 1.48 bits per heavy atom. The van der Waals surface area contributed by atoms with E-state index in [2.05, 4.69) is 17.2 Å². The Morgan fingerprint density at radius 2 is 2.10 bits per heavy atom. The highest BCUT2D eigenvalue weighted by molar-refractivity contribution is 5.82. The maximum absolute atomic E-state index is 12.4. The quantitative estimate of drug-likeness (QED) is 0.889. The minimum Gasteiger partial charge on any atom is -0.480 e. The fraction of sp³-hybridized carbons (Fsp3) is 0.667. The SMILES string of the molecule is CC1CCC(Nc2nccn(C(C)C)c2=O)(C(=O)O)CC1. The molecule has 0 aliphatic heterocycles. The molecule has 0 unspecified atom stereocenters. The first kappa shape index (κ1) is 15.5. The van der Waals surface area contributed by atoms with Crippen LogP contribution in [0.4, 0.5) is 5.82 Å². The van der Waals surface area contributed by atoms with Gasteiger partial charge >= 0.3 is 5.97 Å². The minimum absolute atomic E-state index is 0.00760. The van der Waals surface area contributed by atoms with Crippen LogP contribution in [0.1, 0.15) is 52.5 Å². The lowest BCUT2D eigenvalue weighted by Crippen LogP contribution is -2.50. The fourth-order valence-corrected chi connectivity index (χ4v) is 2.79. The molecule has 1 aromatic rings. The molecule has 0 amide bonds. The van der Waals surface area contributed by atoms with E-state index in [1.165, 1.54) is 6.20 Å². The lowest BCUT2D eigenvalue weighted by Gasteiger charge is -2.36. The predicted octanol–water partition coefficient (Wildman–Crippen LogP) is 2.27. The van der Waals surface area contributed by atoms with Crippen molar-refractivity contribution in [2.75, 3.05) is 5.32 Å². The zero-order chi connectivity index (χ0) is 15.6. The highest BCUT2D eigenvalue weighted by Crippen LogP contribution is 2.34. The van der Waals surface area contributed by atoms with E-state index < -0.39 is 11.5 Å². The molecule has 0 bridgehead atoms. The van der Waals surface area contributed by atoms with Crippen molar-refractivity contribution in [2.45, 2.75) is 58.0 Å². The van der Waals surface area contributed by atoms with Crippen molar-refractivity contribution in [3.05, 3.63) is 22.7 Å². The molecule has 6 nitrogen and oxygen atoms in total. The smallest absolute Gasteiger partial charge is 0.329 e. The number of carbonyl (C=O) groups is 1. The molecule has 2 rings (SSSR count). The van der Waals surface area contributed by atoms with Gasteiger partial charge in [-0.2, -0.15) is 0 Å². The second kappa shape index (κ2) is 5.87. The summed E-state index contributed by atoms with van der Waals surface area (Å²) in [6, 6.07) is 0.00760. The van der Waals surface area contributed by atoms with Crippen LogP contribution >= 0.6 is 0 Å². The number of anilines is 1. The zero-order valence-electron chi connectivity index (χ0n) is 12.8. The maximum atomic E-state index is 12.4. The molecule has 0 saturated heterocycles. The van der Waals surface area contributed by atoms with E-state index in [1.54, 1.807) is 10.8 Å². The van der Waals surface area contributed by atoms with Gasteiger partial charge in [0.05, 0.1) is 0 Å². The van der Waals surface area contributed by atoms with Crippen molar-refractivity contribution in [3.63, 3.8) is 0 Å². The van der Waals surface area contributed by atoms with Crippen LogP contribution in [0.3, 0.4) is 0 Å². The molecule has 6 heteroatoms. The van der Waals surface area contributed by atoms with Gasteiger partial charge in [-0.15, -0.1) is 0 Å². The number of rotatable bonds is 4. The number of carboxylic acids is 1. The van der Waals surface area contributed by atoms with Crippen LogP contribution in [0, 0.1) is 5.92 Å². The zero-order valence-corrected chi connectivity index (χ0v) is 12.8. The van der Waals surface area contributed by atoms with E-state index in [-0.39, 0.29) is 17.4 Å². The first-order valence-electron chi connectivity index (χ1n) is 7.44. The third-order valence-electron chi connectivity index (χ3n) is 4.32. The Morgan fingerprint density at radius 3 is 2.62 bits per heavy atom. The first-order chi connectivity index (χ1) is 9.85. The molecule has 116 valence electrons. The van der Waals surface area contributed by atoms with Crippen molar-refractivity contribution in [1.82, 2.24) is 9.55 Å². The molecule has 1 aliphatic rings. The van der Waals surface area contributed by atoms with Gasteiger partial charge in [0.25, 0.3) is 5.56 Å². The van der Waals surface area contributed by atoms with E-state index in [0.717, 1.165) is 12.8 Å². The molecule has 1 saturated carbocycles. The largest absolute Gasteiger partial charge is 0.480 e. The van der Waals surface area contributed by atoms with Crippen molar-refractivity contribution < 1.29 is 9.90 Å². The van der Waals surface area contributed by atoms with Crippen molar-refractivity contribution >= 4 is 11.8 Å². The molecule has 0 aromatic carbocycles. The minimum atomic E-state index is -1.07. The summed E-state index contributed by atoms with van der Waals surface area (Å²) in [5.74, 6) is -0.256. The van der Waals surface area contributed by atoms with E-state index in [4.69, 9.17) is 0 Å². The topological polar surface area (TPSA) is 84.2 Å². The summed E-state index contributed by atoms with van der Waals surface area (Å²) in [7, 11) is 0. The number of nitrogens with zero attached hydrogens (tertiary/aromatic N) is 2. The van der Waals surface area contributed by atoms with Crippen LogP contribution < -0.4 is 10.9 Å². The maximum Gasteiger partial charge on any atom is 0.329 e. The third kappa shape index (κ3) is 3.09. The van der Waals surface area contributed by atoms with Crippen molar-refractivity contribution in [3.8, 4) is 0 Å². The number of hydrogen-bond donors (Lipinski definition) is 2.